The summed E-state index contributed by atoms with van der Waals surface area (Å²) in [5.74, 6) is 0. The van der Waals surface area contributed by atoms with Crippen LogP contribution in [0.25, 0.3) is 0 Å². The van der Waals surface area contributed by atoms with Crippen molar-refractivity contribution in [2.24, 2.45) is 11.5 Å². The average molecular weight is 180 g/mol. The maximum atomic E-state index is 9.16. The summed E-state index contributed by atoms with van der Waals surface area (Å²) in [6, 6.07) is 0. The van der Waals surface area contributed by atoms with E-state index in [1.54, 1.807) is 0 Å². The van der Waals surface area contributed by atoms with Gasteiger partial charge in [-0.05, 0) is 0 Å². The van der Waals surface area contributed by atoms with Gasteiger partial charge in [0.25, 0.3) is 0 Å². The molecule has 0 aromatic carbocycles. The third-order valence-electron chi connectivity index (χ3n) is 1.78. The van der Waals surface area contributed by atoms with Crippen LogP contribution in [0.5, 0.6) is 0 Å². The highest BCUT2D eigenvalue weighted by atomic mass is 16.6. The Hall–Kier alpha value is -0.280. The fourth-order valence-electron chi connectivity index (χ4n) is 0.960. The molecule has 72 valence electrons. The second-order valence-corrected chi connectivity index (χ2v) is 2.94. The second kappa shape index (κ2) is 2.60. The largest absolute Gasteiger partial charge is 0.384 e. The van der Waals surface area contributed by atoms with Crippen LogP contribution in [0.1, 0.15) is 0 Å². The van der Waals surface area contributed by atoms with E-state index in [1.165, 1.54) is 0 Å². The van der Waals surface area contributed by atoms with Gasteiger partial charge in [-0.25, -0.2) is 0 Å². The van der Waals surface area contributed by atoms with Crippen LogP contribution in [0, 0.1) is 0 Å². The molecule has 0 unspecified atom stereocenters. The van der Waals surface area contributed by atoms with Crippen molar-refractivity contribution in [2.45, 2.75) is 23.8 Å². The van der Waals surface area contributed by atoms with Crippen LogP contribution in [0.3, 0.4) is 0 Å². The predicted molar refractivity (Wildman–Crippen MR) is 36.2 cm³/mol. The fourth-order valence-corrected chi connectivity index (χ4v) is 0.960. The number of hydrogen-bond acceptors (Lipinski definition) is 7. The van der Waals surface area contributed by atoms with Crippen LogP contribution < -0.4 is 11.5 Å². The van der Waals surface area contributed by atoms with Gasteiger partial charge in [0.05, 0.1) is 6.61 Å². The van der Waals surface area contributed by atoms with Crippen molar-refractivity contribution < 1.29 is 25.2 Å². The van der Waals surface area contributed by atoms with Crippen molar-refractivity contribution >= 4 is 0 Å². The van der Waals surface area contributed by atoms with Gasteiger partial charge in [0.15, 0.2) is 11.4 Å². The highest BCUT2D eigenvalue weighted by Gasteiger charge is 2.54. The molecule has 1 fully saturated rings. The highest BCUT2D eigenvalue weighted by molar-refractivity contribution is 4.98. The molecule has 8 N–H and O–H groups in total. The maximum Gasteiger partial charge on any atom is 0.200 e. The van der Waals surface area contributed by atoms with Gasteiger partial charge in [-0.1, -0.05) is 0 Å². The standard InChI is InChI=1S/C5H12N2O5/c6-4(10)1-12-3(9)5(7,11)2(4)8/h2-3,8-11H,1,6-7H2/t2-,3-,4+,5+/m0/s1. The molecule has 0 spiro atoms. The second-order valence-electron chi connectivity index (χ2n) is 2.94. The molecule has 0 aliphatic carbocycles. The zero-order chi connectivity index (χ0) is 9.57. The molecule has 0 aromatic heterocycles. The summed E-state index contributed by atoms with van der Waals surface area (Å²) in [5.41, 5.74) is 5.51. The summed E-state index contributed by atoms with van der Waals surface area (Å²) in [5, 5.41) is 36.4. The minimum absolute atomic E-state index is 0.505. The van der Waals surface area contributed by atoms with Crippen molar-refractivity contribution in [3.63, 3.8) is 0 Å². The van der Waals surface area contributed by atoms with E-state index in [4.69, 9.17) is 31.9 Å². The third-order valence-corrected chi connectivity index (χ3v) is 1.78. The van der Waals surface area contributed by atoms with Gasteiger partial charge in [-0.15, -0.1) is 0 Å². The number of nitrogens with two attached hydrogens (primary N) is 2. The van der Waals surface area contributed by atoms with Crippen molar-refractivity contribution in [3.8, 4) is 0 Å². The number of rotatable bonds is 0. The Balaban J connectivity index is 2.86. The zero-order valence-corrected chi connectivity index (χ0v) is 6.21. The van der Waals surface area contributed by atoms with E-state index < -0.39 is 30.5 Å². The summed E-state index contributed by atoms with van der Waals surface area (Å²) < 4.78 is 4.42. The van der Waals surface area contributed by atoms with E-state index in [1.807, 2.05) is 0 Å². The topological polar surface area (TPSA) is 142 Å². The minimum Gasteiger partial charge on any atom is -0.384 e. The van der Waals surface area contributed by atoms with Crippen LogP contribution in [0.2, 0.25) is 0 Å². The molecule has 7 nitrogen and oxygen atoms in total. The molecule has 1 saturated heterocycles. The summed E-state index contributed by atoms with van der Waals surface area (Å²) in [7, 11) is 0. The summed E-state index contributed by atoms with van der Waals surface area (Å²) in [6.07, 6.45) is -3.63. The molecule has 0 saturated carbocycles. The van der Waals surface area contributed by atoms with Crippen LogP contribution in [0.15, 0.2) is 0 Å². The quantitative estimate of drug-likeness (QED) is 0.208. The van der Waals surface area contributed by atoms with E-state index in [9.17, 15) is 0 Å². The van der Waals surface area contributed by atoms with Crippen LogP contribution in [-0.2, 0) is 4.74 Å². The van der Waals surface area contributed by atoms with E-state index >= 15 is 0 Å². The molecule has 7 heteroatoms. The summed E-state index contributed by atoms with van der Waals surface area (Å²) in [4.78, 5) is 0. The normalized spacial score (nSPS) is 55.5. The Labute approximate surface area is 68.2 Å². The monoisotopic (exact) mass is 180 g/mol. The first-order chi connectivity index (χ1) is 5.28. The van der Waals surface area contributed by atoms with Gasteiger partial charge in [0, 0.05) is 0 Å². The van der Waals surface area contributed by atoms with E-state index in [0.29, 0.717) is 0 Å². The van der Waals surface area contributed by atoms with Gasteiger partial charge in [-0.2, -0.15) is 0 Å². The predicted octanol–water partition coefficient (Wildman–Crippen LogP) is -4.01. The van der Waals surface area contributed by atoms with Crippen molar-refractivity contribution in [2.75, 3.05) is 6.61 Å². The SMILES string of the molecule is N[C@@]1(O)[C@@H](O)[C@](N)(O)CO[C@@H]1O. The fraction of sp³-hybridized carbons (Fsp3) is 1.00. The first kappa shape index (κ1) is 9.81. The van der Waals surface area contributed by atoms with Crippen molar-refractivity contribution in [1.82, 2.24) is 0 Å². The number of aliphatic hydroxyl groups excluding tert-OH is 2. The average Bonchev–Trinajstić information content (AvgIpc) is 1.96. The molecule has 12 heavy (non-hydrogen) atoms. The van der Waals surface area contributed by atoms with Gasteiger partial charge >= 0.3 is 0 Å². The lowest BCUT2D eigenvalue weighted by molar-refractivity contribution is -0.326. The Morgan fingerprint density at radius 1 is 1.25 bits per heavy atom. The van der Waals surface area contributed by atoms with Gasteiger partial charge < -0.3 is 25.2 Å². The lowest BCUT2D eigenvalue weighted by atomic mass is 9.94. The Bertz CT molecular complexity index is 183. The molecular weight excluding hydrogens is 168 g/mol. The lowest BCUT2D eigenvalue weighted by Crippen LogP contribution is -2.75. The first-order valence-corrected chi connectivity index (χ1v) is 3.28. The van der Waals surface area contributed by atoms with Crippen LogP contribution in [0.4, 0.5) is 0 Å². The molecule has 0 aromatic rings. The molecule has 4 atom stereocenters. The zero-order valence-electron chi connectivity index (χ0n) is 6.21. The van der Waals surface area contributed by atoms with Crippen LogP contribution >= 0.6 is 0 Å². The summed E-state index contributed by atoms with van der Waals surface area (Å²) in [6.45, 7) is -0.505. The Kier molecular flexibility index (Phi) is 2.13. The van der Waals surface area contributed by atoms with Gasteiger partial charge in [-0.3, -0.25) is 11.5 Å². The Morgan fingerprint density at radius 2 is 1.75 bits per heavy atom. The highest BCUT2D eigenvalue weighted by Crippen LogP contribution is 2.23. The smallest absolute Gasteiger partial charge is 0.200 e. The Morgan fingerprint density at radius 3 is 2.17 bits per heavy atom. The molecule has 0 radical (unpaired) electrons. The third kappa shape index (κ3) is 1.31. The molecular formula is C5H12N2O5. The minimum atomic E-state index is -2.46. The molecule has 0 amide bonds. The molecule has 0 bridgehead atoms. The van der Waals surface area contributed by atoms with E-state index in [2.05, 4.69) is 4.74 Å². The van der Waals surface area contributed by atoms with E-state index in [-0.39, 0.29) is 0 Å². The van der Waals surface area contributed by atoms with Crippen molar-refractivity contribution in [1.29, 1.82) is 0 Å². The first-order valence-electron chi connectivity index (χ1n) is 3.28. The molecule has 1 heterocycles. The van der Waals surface area contributed by atoms with Gasteiger partial charge in [0.2, 0.25) is 6.29 Å². The summed E-state index contributed by atoms with van der Waals surface area (Å²) >= 11 is 0. The van der Waals surface area contributed by atoms with Gasteiger partial charge in [0.1, 0.15) is 6.10 Å². The van der Waals surface area contributed by atoms with E-state index in [0.717, 1.165) is 0 Å². The number of ether oxygens (including phenoxy) is 1. The number of aliphatic hydroxyl groups is 4. The number of hydrogen-bond donors (Lipinski definition) is 6. The van der Waals surface area contributed by atoms with Crippen molar-refractivity contribution in [3.05, 3.63) is 0 Å². The van der Waals surface area contributed by atoms with Crippen LogP contribution in [-0.4, -0.2) is 50.9 Å². The molecule has 1 aliphatic rings. The molecule has 1 aliphatic heterocycles. The molecule has 1 rings (SSSR count). The maximum absolute atomic E-state index is 9.16. The lowest BCUT2D eigenvalue weighted by Gasteiger charge is -2.44.